The number of aliphatic hydroxyl groups is 1. The van der Waals surface area contributed by atoms with Crippen LogP contribution in [0.25, 0.3) is 0 Å². The molecular weight excluding hydrogens is 1240 g/mol. The normalized spacial score (nSPS) is 24.0. The van der Waals surface area contributed by atoms with Gasteiger partial charge in [0.25, 0.3) is 23.7 Å². The predicted octanol–water partition coefficient (Wildman–Crippen LogP) is 12.4. The van der Waals surface area contributed by atoms with Crippen molar-refractivity contribution in [3.8, 4) is 0 Å². The maximum absolute atomic E-state index is 13.4. The summed E-state index contributed by atoms with van der Waals surface area (Å²) in [5.41, 5.74) is 13.3. The Morgan fingerprint density at radius 1 is 0.489 bits per heavy atom. The van der Waals surface area contributed by atoms with E-state index in [9.17, 15) is 58.7 Å². The molecule has 8 fully saturated rings. The molecule has 15 rings (SSSR count). The number of rotatable bonds is 14. The lowest BCUT2D eigenvalue weighted by Crippen LogP contribution is -2.27. The molecule has 6 heterocycles. The van der Waals surface area contributed by atoms with Gasteiger partial charge in [0.2, 0.25) is 0 Å². The minimum Gasteiger partial charge on any atom is -0.478 e. The summed E-state index contributed by atoms with van der Waals surface area (Å²) in [6.45, 7) is 16.0. The second-order valence-corrected chi connectivity index (χ2v) is 25.8. The van der Waals surface area contributed by atoms with E-state index in [0.29, 0.717) is 94.3 Å². The van der Waals surface area contributed by atoms with E-state index in [1.807, 2.05) is 114 Å². The molecule has 94 heavy (non-hydrogen) atoms. The van der Waals surface area contributed by atoms with E-state index in [0.717, 1.165) is 74.3 Å². The average molecular weight is 1310 g/mol. The van der Waals surface area contributed by atoms with Crippen LogP contribution in [0.2, 0.25) is 0 Å². The number of carboxylic acids is 1. The Hall–Kier alpha value is -8.67. The first kappa shape index (κ1) is 66.8. The highest BCUT2D eigenvalue weighted by Crippen LogP contribution is 2.62. The monoisotopic (exact) mass is 1310 g/mol. The molecule has 15 nitrogen and oxygen atoms in total. The number of nitrogens with zero attached hydrogens (tertiary/aromatic N) is 8. The van der Waals surface area contributed by atoms with E-state index in [1.54, 1.807) is 35.5 Å². The van der Waals surface area contributed by atoms with Crippen LogP contribution < -0.4 is 19.6 Å². The lowest BCUT2D eigenvalue weighted by atomic mass is 10.1. The van der Waals surface area contributed by atoms with Gasteiger partial charge in [-0.3, -0.25) is 19.0 Å². The van der Waals surface area contributed by atoms with Crippen molar-refractivity contribution in [3.05, 3.63) is 188 Å². The Balaban J connectivity index is 0.000000123. The number of aldehydes is 2. The average Bonchev–Trinajstić information content (AvgIpc) is 1.58. The standard InChI is InChI=1S/C19H21F2N3O2.C17H17F2N3O2.C13H15F2NO.C13H13F2NO.C8H7FO/c1-3-26-18(25)14-7-22-24(9-14)8-13-4-5-15(6-12(13)2)23-10-16-17(11-23)19(16,20)21;1-10-4-13(21-8-14-15(9-21)17(14,18)19)3-2-11(10)6-22-7-12(5-20-22)16(23)24;2*1-8-4-10(3-2-9(8)7-17)16-5-11-12(6-16)13(11,14)15;1-6-4-8(9)3-2-7(6)5-10/h4-7,9,16-17H,3,8,10-11H2,1-2H3;2-5,7,14-15H,6,8-9H2,1H3,(H,23,24);2-4,11-12,17H,5-7H2,1H3;2-4,7,11-12H,5-6H2,1H3;2-5H,1H3. The Bertz CT molecular complexity index is 3950. The van der Waals surface area contributed by atoms with Crippen molar-refractivity contribution in [1.82, 2.24) is 19.6 Å². The van der Waals surface area contributed by atoms with Crippen LogP contribution in [0.5, 0.6) is 0 Å². The van der Waals surface area contributed by atoms with Crippen molar-refractivity contribution in [3.63, 3.8) is 0 Å². The van der Waals surface area contributed by atoms with Crippen molar-refractivity contribution in [2.45, 2.75) is 84.9 Å². The summed E-state index contributed by atoms with van der Waals surface area (Å²) in [6, 6.07) is 27.2. The van der Waals surface area contributed by atoms with Crippen molar-refractivity contribution >= 4 is 47.3 Å². The van der Waals surface area contributed by atoms with Crippen LogP contribution in [0, 0.1) is 87.8 Å². The summed E-state index contributed by atoms with van der Waals surface area (Å²) in [5, 5.41) is 26.3. The Labute approximate surface area is 537 Å². The third kappa shape index (κ3) is 13.7. The van der Waals surface area contributed by atoms with Gasteiger partial charge in [0, 0.05) is 98.6 Å². The number of aryl methyl sites for hydroxylation is 5. The summed E-state index contributed by atoms with van der Waals surface area (Å²) < 4.78 is 126. The van der Waals surface area contributed by atoms with Crippen LogP contribution in [0.3, 0.4) is 0 Å². The number of carbonyl (C=O) groups is 4. The number of ether oxygens (including phenoxy) is 1. The van der Waals surface area contributed by atoms with Crippen LogP contribution in [0.1, 0.15) is 92.9 Å². The minimum atomic E-state index is -2.46. The smallest absolute Gasteiger partial charge is 0.341 e. The van der Waals surface area contributed by atoms with Gasteiger partial charge in [0.15, 0.2) is 0 Å². The molecule has 8 unspecified atom stereocenters. The number of anilines is 4. The lowest BCUT2D eigenvalue weighted by Gasteiger charge is -2.23. The number of halogens is 9. The van der Waals surface area contributed by atoms with E-state index >= 15 is 0 Å². The van der Waals surface area contributed by atoms with Crippen molar-refractivity contribution in [2.24, 2.45) is 47.3 Å². The van der Waals surface area contributed by atoms with E-state index < -0.39 is 77.0 Å². The lowest BCUT2D eigenvalue weighted by molar-refractivity contribution is 0.0524. The van der Waals surface area contributed by atoms with Crippen LogP contribution >= 0.6 is 0 Å². The first-order chi connectivity index (χ1) is 44.6. The zero-order valence-electron chi connectivity index (χ0n) is 52.6. The largest absolute Gasteiger partial charge is 0.478 e. The third-order valence-corrected chi connectivity index (χ3v) is 19.8. The van der Waals surface area contributed by atoms with Crippen molar-refractivity contribution in [2.75, 3.05) is 78.6 Å². The number of piperidine rings is 4. The molecule has 4 aliphatic heterocycles. The van der Waals surface area contributed by atoms with Gasteiger partial charge >= 0.3 is 11.9 Å². The van der Waals surface area contributed by atoms with Gasteiger partial charge in [0.05, 0.1) is 97.2 Å². The molecule has 24 heteroatoms. The first-order valence-electron chi connectivity index (χ1n) is 31.2. The van der Waals surface area contributed by atoms with Gasteiger partial charge in [-0.05, 0) is 159 Å². The molecule has 0 amide bonds. The topological polar surface area (TPSA) is 167 Å². The number of aliphatic hydroxyl groups excluding tert-OH is 1. The van der Waals surface area contributed by atoms with Gasteiger partial charge < -0.3 is 34.5 Å². The number of hydrogen-bond acceptors (Lipinski definition) is 12. The summed E-state index contributed by atoms with van der Waals surface area (Å²) >= 11 is 0. The fourth-order valence-electron chi connectivity index (χ4n) is 13.5. The van der Waals surface area contributed by atoms with Crippen LogP contribution in [-0.2, 0) is 24.4 Å². The fourth-order valence-corrected chi connectivity index (χ4v) is 13.5. The fraction of sp³-hybridized carbons (Fsp3) is 0.429. The van der Waals surface area contributed by atoms with Crippen LogP contribution in [-0.4, -0.2) is 137 Å². The van der Waals surface area contributed by atoms with E-state index in [-0.39, 0.29) is 24.0 Å². The third-order valence-electron chi connectivity index (χ3n) is 19.8. The van der Waals surface area contributed by atoms with E-state index in [2.05, 4.69) is 10.2 Å². The SMILES string of the molecule is CCOC(=O)c1cnn(Cc2ccc(N3CC4C(C3)C4(F)F)cc2C)c1.Cc1cc(F)ccc1C=O.Cc1cc(N2CC3C(C2)C3(F)F)ccc1C=O.Cc1cc(N2CC3C(C2)C3(F)F)ccc1CO.Cc1cc(N2CC3C(C2)C3(F)F)ccc1Cn1cc(C(=O)O)cn1. The molecule has 4 saturated carbocycles. The zero-order valence-corrected chi connectivity index (χ0v) is 52.6. The summed E-state index contributed by atoms with van der Waals surface area (Å²) in [7, 11) is 0. The van der Waals surface area contributed by atoms with Gasteiger partial charge in [-0.1, -0.05) is 18.2 Å². The number of hydrogen-bond donors (Lipinski definition) is 2. The van der Waals surface area contributed by atoms with Gasteiger partial charge in [0.1, 0.15) is 18.4 Å². The number of esters is 1. The number of aromatic nitrogens is 4. The van der Waals surface area contributed by atoms with Gasteiger partial charge in [-0.15, -0.1) is 0 Å². The first-order valence-corrected chi connectivity index (χ1v) is 31.2. The predicted molar refractivity (Wildman–Crippen MR) is 335 cm³/mol. The van der Waals surface area contributed by atoms with Gasteiger partial charge in [-0.2, -0.15) is 10.2 Å². The maximum atomic E-state index is 13.4. The molecule has 8 aliphatic rings. The van der Waals surface area contributed by atoms with Gasteiger partial charge in [-0.25, -0.2) is 49.1 Å². The summed E-state index contributed by atoms with van der Waals surface area (Å²) in [4.78, 5) is 51.6. The summed E-state index contributed by atoms with van der Waals surface area (Å²) in [6.07, 6.45) is 7.51. The second kappa shape index (κ2) is 25.9. The molecule has 4 saturated heterocycles. The number of carboxylic acid groups (broad SMARTS) is 1. The number of alkyl halides is 8. The second-order valence-electron chi connectivity index (χ2n) is 25.8. The molecule has 2 aromatic heterocycles. The Morgan fingerprint density at radius 3 is 1.12 bits per heavy atom. The molecule has 498 valence electrons. The molecule has 0 radical (unpaired) electrons. The molecule has 0 bridgehead atoms. The van der Waals surface area contributed by atoms with E-state index in [4.69, 9.17) is 14.9 Å². The zero-order chi connectivity index (χ0) is 67.5. The van der Waals surface area contributed by atoms with Crippen LogP contribution in [0.4, 0.5) is 62.3 Å². The number of carbonyl (C=O) groups excluding carboxylic acids is 3. The molecule has 8 atom stereocenters. The molecule has 7 aromatic rings. The van der Waals surface area contributed by atoms with Crippen LogP contribution in [0.15, 0.2) is 116 Å². The molecule has 5 aromatic carbocycles. The number of aromatic carboxylic acids is 1. The number of fused-ring (bicyclic) bond motifs is 4. The highest BCUT2D eigenvalue weighted by atomic mass is 19.3. The van der Waals surface area contributed by atoms with Crippen molar-refractivity contribution in [1.29, 1.82) is 0 Å². The Kier molecular flexibility index (Phi) is 18.4. The maximum Gasteiger partial charge on any atom is 0.341 e. The summed E-state index contributed by atoms with van der Waals surface area (Å²) in [5.74, 6) is -15.2. The molecule has 4 aliphatic carbocycles. The number of benzene rings is 5. The molecule has 0 spiro atoms. The minimum absolute atomic E-state index is 0.0232. The molecular formula is C70H73F9N8O7. The van der Waals surface area contributed by atoms with Crippen molar-refractivity contribution < 1.29 is 73.6 Å². The molecule has 2 N–H and O–H groups in total. The quantitative estimate of drug-likeness (QED) is 0.0600. The highest BCUT2D eigenvalue weighted by molar-refractivity contribution is 5.89. The van der Waals surface area contributed by atoms with E-state index in [1.165, 1.54) is 36.8 Å². The Morgan fingerprint density at radius 2 is 0.809 bits per heavy atom. The highest BCUT2D eigenvalue weighted by Gasteiger charge is 2.74.